The van der Waals surface area contributed by atoms with Crippen LogP contribution in [-0.2, 0) is 11.3 Å². The molecule has 1 atom stereocenters. The van der Waals surface area contributed by atoms with E-state index < -0.39 is 11.6 Å². The van der Waals surface area contributed by atoms with Gasteiger partial charge in [-0.25, -0.2) is 13.5 Å². The van der Waals surface area contributed by atoms with Crippen LogP contribution in [0, 0.1) is 11.6 Å². The summed E-state index contributed by atoms with van der Waals surface area (Å²) >= 11 is 0. The van der Waals surface area contributed by atoms with Crippen LogP contribution in [-0.4, -0.2) is 38.3 Å². The Morgan fingerprint density at radius 3 is 2.57 bits per heavy atom. The molecule has 1 aliphatic heterocycles. The first-order chi connectivity index (χ1) is 13.6. The highest BCUT2D eigenvalue weighted by Gasteiger charge is 2.31. The molecule has 0 radical (unpaired) electrons. The van der Waals surface area contributed by atoms with Crippen molar-refractivity contribution in [1.82, 2.24) is 25.5 Å². The topological polar surface area (TPSA) is 81.9 Å². The van der Waals surface area contributed by atoms with Gasteiger partial charge in [0.1, 0.15) is 17.4 Å². The smallest absolute Gasteiger partial charge is 0.231 e. The Balaban J connectivity index is 1.30. The molecule has 1 aliphatic carbocycles. The van der Waals surface area contributed by atoms with Crippen LogP contribution in [0.3, 0.4) is 0 Å². The number of aryl methyl sites for hydroxylation is 1. The van der Waals surface area contributed by atoms with Crippen molar-refractivity contribution in [3.05, 3.63) is 35.7 Å². The molecule has 2 aliphatic rings. The van der Waals surface area contributed by atoms with Crippen molar-refractivity contribution in [1.29, 1.82) is 0 Å². The molecule has 0 saturated heterocycles. The van der Waals surface area contributed by atoms with E-state index in [0.717, 1.165) is 44.7 Å². The van der Waals surface area contributed by atoms with Crippen LogP contribution in [0.2, 0.25) is 0 Å². The van der Waals surface area contributed by atoms with Gasteiger partial charge in [0.15, 0.2) is 5.82 Å². The summed E-state index contributed by atoms with van der Waals surface area (Å²) < 4.78 is 34.0. The second-order valence-corrected chi connectivity index (χ2v) is 7.51. The first kappa shape index (κ1) is 18.8. The minimum atomic E-state index is -0.651. The van der Waals surface area contributed by atoms with Gasteiger partial charge < -0.3 is 10.1 Å². The van der Waals surface area contributed by atoms with Crippen molar-refractivity contribution in [2.45, 2.75) is 69.6 Å². The van der Waals surface area contributed by atoms with Gasteiger partial charge in [-0.05, 0) is 49.0 Å². The zero-order valence-corrected chi connectivity index (χ0v) is 15.5. The second kappa shape index (κ2) is 8.20. The van der Waals surface area contributed by atoms with E-state index in [9.17, 15) is 13.6 Å². The van der Waals surface area contributed by atoms with Gasteiger partial charge in [-0.2, -0.15) is 0 Å². The number of nitrogens with zero attached hydrogens (tertiary/aromatic N) is 4. The molecule has 0 bridgehead atoms. The molecule has 1 fully saturated rings. The average Bonchev–Trinajstić information content (AvgIpc) is 3.01. The maximum atomic E-state index is 13.3. The first-order valence-electron chi connectivity index (χ1n) is 9.77. The second-order valence-electron chi connectivity index (χ2n) is 7.51. The van der Waals surface area contributed by atoms with Crippen molar-refractivity contribution in [3.8, 4) is 5.75 Å². The van der Waals surface area contributed by atoms with Gasteiger partial charge in [0.25, 0.3) is 0 Å². The van der Waals surface area contributed by atoms with E-state index in [1.807, 2.05) is 0 Å². The molecule has 7 nitrogen and oxygen atoms in total. The fourth-order valence-electron chi connectivity index (χ4n) is 4.02. The molecular formula is C19H23F2N5O2. The lowest BCUT2D eigenvalue weighted by atomic mass is 9.92. The number of ether oxygens (including phenoxy) is 1. The number of fused-ring (bicyclic) bond motifs is 1. The fraction of sp³-hybridized carbons (Fsp3) is 0.579. The molecule has 1 aromatic carbocycles. The number of carbonyl (C=O) groups is 1. The van der Waals surface area contributed by atoms with Crippen LogP contribution in [0.4, 0.5) is 8.78 Å². The van der Waals surface area contributed by atoms with Gasteiger partial charge in [-0.1, -0.05) is 6.42 Å². The first-order valence-corrected chi connectivity index (χ1v) is 9.77. The van der Waals surface area contributed by atoms with E-state index in [1.54, 1.807) is 4.68 Å². The average molecular weight is 391 g/mol. The van der Waals surface area contributed by atoms with Gasteiger partial charge in [0, 0.05) is 30.8 Å². The largest absolute Gasteiger partial charge is 0.490 e. The Labute approximate surface area is 161 Å². The molecular weight excluding hydrogens is 368 g/mol. The van der Waals surface area contributed by atoms with Crippen LogP contribution >= 0.6 is 0 Å². The highest BCUT2D eigenvalue weighted by Crippen LogP contribution is 2.27. The Hall–Kier alpha value is -2.58. The lowest BCUT2D eigenvalue weighted by Crippen LogP contribution is -2.42. The van der Waals surface area contributed by atoms with Gasteiger partial charge in [-0.3, -0.25) is 4.79 Å². The lowest BCUT2D eigenvalue weighted by molar-refractivity contribution is -0.124. The molecule has 2 heterocycles. The zero-order chi connectivity index (χ0) is 19.5. The third-order valence-electron chi connectivity index (χ3n) is 5.46. The SMILES string of the molecule is O=C(NC1CCC(Oc2cc(F)cc(F)c2)CC1)C1CCCCn2nnnc21. The zero-order valence-electron chi connectivity index (χ0n) is 15.5. The standard InChI is InChI=1S/C19H23F2N5O2/c20-12-9-13(21)11-16(10-12)28-15-6-4-14(5-7-15)22-19(27)17-3-1-2-8-26-18(17)23-24-25-26/h9-11,14-15,17H,1-8H2,(H,22,27). The minimum Gasteiger partial charge on any atom is -0.490 e. The van der Waals surface area contributed by atoms with E-state index in [4.69, 9.17) is 4.74 Å². The summed E-state index contributed by atoms with van der Waals surface area (Å²) in [4.78, 5) is 12.8. The number of amides is 1. The van der Waals surface area contributed by atoms with Crippen molar-refractivity contribution < 1.29 is 18.3 Å². The highest BCUT2D eigenvalue weighted by molar-refractivity contribution is 5.83. The van der Waals surface area contributed by atoms with Crippen LogP contribution in [0.25, 0.3) is 0 Å². The molecule has 1 saturated carbocycles. The molecule has 1 unspecified atom stereocenters. The number of tetrazole rings is 1. The number of aromatic nitrogens is 4. The van der Waals surface area contributed by atoms with E-state index >= 15 is 0 Å². The van der Waals surface area contributed by atoms with Gasteiger partial charge in [0.05, 0.1) is 12.0 Å². The van der Waals surface area contributed by atoms with E-state index in [1.165, 1.54) is 12.1 Å². The molecule has 1 aromatic heterocycles. The summed E-state index contributed by atoms with van der Waals surface area (Å²) in [5.41, 5.74) is 0. The summed E-state index contributed by atoms with van der Waals surface area (Å²) in [5, 5.41) is 14.8. The van der Waals surface area contributed by atoms with Crippen LogP contribution in [0.15, 0.2) is 18.2 Å². The Morgan fingerprint density at radius 2 is 1.82 bits per heavy atom. The lowest BCUT2D eigenvalue weighted by Gasteiger charge is -2.30. The molecule has 2 aromatic rings. The third-order valence-corrected chi connectivity index (χ3v) is 5.46. The number of hydrogen-bond donors (Lipinski definition) is 1. The number of halogens is 2. The van der Waals surface area contributed by atoms with Gasteiger partial charge in [0.2, 0.25) is 5.91 Å². The maximum Gasteiger partial charge on any atom is 0.231 e. The number of benzene rings is 1. The number of rotatable bonds is 4. The van der Waals surface area contributed by atoms with Crippen LogP contribution in [0.1, 0.15) is 56.7 Å². The summed E-state index contributed by atoms with van der Waals surface area (Å²) in [6.45, 7) is 0.745. The van der Waals surface area contributed by atoms with E-state index in [0.29, 0.717) is 18.7 Å². The quantitative estimate of drug-likeness (QED) is 0.867. The normalized spacial score (nSPS) is 24.9. The van der Waals surface area contributed by atoms with Crippen molar-refractivity contribution >= 4 is 5.91 Å². The minimum absolute atomic E-state index is 0.0329. The van der Waals surface area contributed by atoms with Gasteiger partial charge >= 0.3 is 0 Å². The maximum absolute atomic E-state index is 13.3. The summed E-state index contributed by atoms with van der Waals surface area (Å²) in [5.74, 6) is -0.810. The number of carbonyl (C=O) groups excluding carboxylic acids is 1. The molecule has 9 heteroatoms. The molecule has 1 amide bonds. The molecule has 150 valence electrons. The predicted molar refractivity (Wildman–Crippen MR) is 95.6 cm³/mol. The van der Waals surface area contributed by atoms with E-state index in [2.05, 4.69) is 20.8 Å². The molecule has 1 N–H and O–H groups in total. The van der Waals surface area contributed by atoms with Crippen molar-refractivity contribution in [2.24, 2.45) is 0 Å². The molecule has 28 heavy (non-hydrogen) atoms. The third kappa shape index (κ3) is 4.28. The summed E-state index contributed by atoms with van der Waals surface area (Å²) in [7, 11) is 0. The van der Waals surface area contributed by atoms with E-state index in [-0.39, 0.29) is 29.7 Å². The molecule has 0 spiro atoms. The summed E-state index contributed by atoms with van der Waals surface area (Å²) in [6, 6.07) is 3.26. The number of nitrogens with one attached hydrogen (secondary N) is 1. The Bertz CT molecular complexity index is 815. The monoisotopic (exact) mass is 391 g/mol. The fourth-order valence-corrected chi connectivity index (χ4v) is 4.02. The highest BCUT2D eigenvalue weighted by atomic mass is 19.1. The van der Waals surface area contributed by atoms with Gasteiger partial charge in [-0.15, -0.1) is 5.10 Å². The van der Waals surface area contributed by atoms with Crippen LogP contribution in [0.5, 0.6) is 5.75 Å². The Kier molecular flexibility index (Phi) is 5.50. The summed E-state index contributed by atoms with van der Waals surface area (Å²) in [6.07, 6.45) is 5.49. The van der Waals surface area contributed by atoms with Crippen molar-refractivity contribution in [2.75, 3.05) is 0 Å². The van der Waals surface area contributed by atoms with Crippen molar-refractivity contribution in [3.63, 3.8) is 0 Å². The molecule has 4 rings (SSSR count). The number of hydrogen-bond acceptors (Lipinski definition) is 5. The van der Waals surface area contributed by atoms with Crippen LogP contribution < -0.4 is 10.1 Å². The predicted octanol–water partition coefficient (Wildman–Crippen LogP) is 2.73. The Morgan fingerprint density at radius 1 is 1.07 bits per heavy atom.